The number of rotatable bonds is 6. The summed E-state index contributed by atoms with van der Waals surface area (Å²) in [5.41, 5.74) is 2.08. The molecular formula is C19H19NO2S. The molecule has 3 rings (SSSR count). The first-order valence-corrected chi connectivity index (χ1v) is 8.56. The highest BCUT2D eigenvalue weighted by atomic mass is 32.1. The highest BCUT2D eigenvalue weighted by Gasteiger charge is 2.06. The van der Waals surface area contributed by atoms with E-state index in [1.165, 1.54) is 17.0 Å². The molecule has 0 radical (unpaired) electrons. The Bertz CT molecular complexity index is 840. The van der Waals surface area contributed by atoms with Crippen molar-refractivity contribution in [3.8, 4) is 0 Å². The van der Waals surface area contributed by atoms with Crippen molar-refractivity contribution in [3.05, 3.63) is 51.9 Å². The highest BCUT2D eigenvalue weighted by Crippen LogP contribution is 2.26. The molecule has 2 aromatic heterocycles. The molecule has 0 saturated carbocycles. The van der Waals surface area contributed by atoms with Crippen LogP contribution in [0.5, 0.6) is 0 Å². The molecule has 118 valence electrons. The third-order valence-corrected chi connectivity index (χ3v) is 4.80. The Labute approximate surface area is 139 Å². The first-order chi connectivity index (χ1) is 11.2. The number of nitrogens with zero attached hydrogens (tertiary/aromatic N) is 1. The van der Waals surface area contributed by atoms with Gasteiger partial charge in [0.1, 0.15) is 11.3 Å². The third kappa shape index (κ3) is 3.37. The third-order valence-electron chi connectivity index (χ3n) is 3.83. The van der Waals surface area contributed by atoms with Gasteiger partial charge in [-0.1, -0.05) is 0 Å². The standard InChI is InChI=1S/C19H19NO2S/c1-3-20(4-2)15-6-5-14-11-16(22-19(14)12-15)7-8-17-9-10-18(13-21)23-17/h5-13H,3-4H2,1-2H3/b8-7+. The minimum absolute atomic E-state index is 0.734. The quantitative estimate of drug-likeness (QED) is 0.575. The van der Waals surface area contributed by atoms with Crippen LogP contribution in [-0.4, -0.2) is 19.4 Å². The predicted octanol–water partition coefficient (Wildman–Crippen LogP) is 5.32. The van der Waals surface area contributed by atoms with Crippen LogP contribution in [0.1, 0.15) is 34.2 Å². The van der Waals surface area contributed by atoms with Crippen LogP contribution in [0.2, 0.25) is 0 Å². The molecule has 0 bridgehead atoms. The fraction of sp³-hybridized carbons (Fsp3) is 0.211. The van der Waals surface area contributed by atoms with E-state index in [1.807, 2.05) is 30.4 Å². The number of benzene rings is 1. The molecule has 1 aromatic carbocycles. The minimum Gasteiger partial charge on any atom is -0.457 e. The van der Waals surface area contributed by atoms with Crippen molar-refractivity contribution in [2.45, 2.75) is 13.8 Å². The fourth-order valence-electron chi connectivity index (χ4n) is 2.59. The highest BCUT2D eigenvalue weighted by molar-refractivity contribution is 7.14. The SMILES string of the molecule is CCN(CC)c1ccc2cc(/C=C/c3ccc(C=O)s3)oc2c1. The van der Waals surface area contributed by atoms with Gasteiger partial charge in [0, 0.05) is 35.1 Å². The van der Waals surface area contributed by atoms with Gasteiger partial charge in [0.25, 0.3) is 0 Å². The first kappa shape index (κ1) is 15.6. The van der Waals surface area contributed by atoms with Crippen molar-refractivity contribution in [2.75, 3.05) is 18.0 Å². The Hall–Kier alpha value is -2.33. The number of hydrogen-bond donors (Lipinski definition) is 0. The summed E-state index contributed by atoms with van der Waals surface area (Å²) < 4.78 is 5.92. The van der Waals surface area contributed by atoms with Gasteiger partial charge in [0.2, 0.25) is 0 Å². The second kappa shape index (κ2) is 6.84. The molecule has 3 aromatic rings. The van der Waals surface area contributed by atoms with Gasteiger partial charge in [-0.3, -0.25) is 4.79 Å². The van der Waals surface area contributed by atoms with E-state index in [0.29, 0.717) is 0 Å². The number of furan rings is 1. The number of hydrogen-bond acceptors (Lipinski definition) is 4. The molecular weight excluding hydrogens is 306 g/mol. The molecule has 0 aliphatic carbocycles. The Kier molecular flexibility index (Phi) is 4.63. The summed E-state index contributed by atoms with van der Waals surface area (Å²) in [4.78, 5) is 14.8. The van der Waals surface area contributed by atoms with Crippen LogP contribution in [0, 0.1) is 0 Å². The van der Waals surface area contributed by atoms with Gasteiger partial charge < -0.3 is 9.32 Å². The van der Waals surface area contributed by atoms with Crippen LogP contribution >= 0.6 is 11.3 Å². The molecule has 23 heavy (non-hydrogen) atoms. The number of anilines is 1. The van der Waals surface area contributed by atoms with E-state index in [-0.39, 0.29) is 0 Å². The number of aldehydes is 1. The zero-order chi connectivity index (χ0) is 16.2. The van der Waals surface area contributed by atoms with Crippen LogP contribution in [0.15, 0.2) is 40.8 Å². The average Bonchev–Trinajstić information content (AvgIpc) is 3.19. The lowest BCUT2D eigenvalue weighted by atomic mass is 10.2. The summed E-state index contributed by atoms with van der Waals surface area (Å²) in [7, 11) is 0. The van der Waals surface area contributed by atoms with E-state index >= 15 is 0 Å². The van der Waals surface area contributed by atoms with Gasteiger partial charge in [-0.15, -0.1) is 11.3 Å². The number of fused-ring (bicyclic) bond motifs is 1. The maximum Gasteiger partial charge on any atom is 0.160 e. The van der Waals surface area contributed by atoms with Crippen molar-refractivity contribution in [3.63, 3.8) is 0 Å². The molecule has 0 N–H and O–H groups in total. The first-order valence-electron chi connectivity index (χ1n) is 7.75. The van der Waals surface area contributed by atoms with E-state index in [2.05, 4.69) is 36.9 Å². The smallest absolute Gasteiger partial charge is 0.160 e. The van der Waals surface area contributed by atoms with Crippen LogP contribution < -0.4 is 4.90 Å². The minimum atomic E-state index is 0.734. The molecule has 0 fully saturated rings. The van der Waals surface area contributed by atoms with Gasteiger partial charge in [0.05, 0.1) is 4.88 Å². The van der Waals surface area contributed by atoms with Crippen LogP contribution in [0.25, 0.3) is 23.1 Å². The normalized spacial score (nSPS) is 11.4. The second-order valence-electron chi connectivity index (χ2n) is 5.23. The molecule has 0 atom stereocenters. The molecule has 0 aliphatic rings. The van der Waals surface area contributed by atoms with E-state index < -0.39 is 0 Å². The average molecular weight is 325 g/mol. The Morgan fingerprint density at radius 2 is 1.83 bits per heavy atom. The lowest BCUT2D eigenvalue weighted by molar-refractivity contribution is 0.112. The summed E-state index contributed by atoms with van der Waals surface area (Å²) in [6.45, 7) is 6.26. The summed E-state index contributed by atoms with van der Waals surface area (Å²) >= 11 is 1.47. The lowest BCUT2D eigenvalue weighted by Crippen LogP contribution is -2.21. The molecule has 2 heterocycles. The molecule has 0 aliphatic heterocycles. The zero-order valence-corrected chi connectivity index (χ0v) is 14.1. The van der Waals surface area contributed by atoms with Gasteiger partial charge in [-0.2, -0.15) is 0 Å². The van der Waals surface area contributed by atoms with E-state index in [4.69, 9.17) is 4.42 Å². The van der Waals surface area contributed by atoms with Crippen molar-refractivity contribution in [1.29, 1.82) is 0 Å². The summed E-state index contributed by atoms with van der Waals surface area (Å²) in [5.74, 6) is 0.817. The molecule has 0 amide bonds. The number of carbonyl (C=O) groups excluding carboxylic acids is 1. The van der Waals surface area contributed by atoms with Crippen molar-refractivity contribution < 1.29 is 9.21 Å². The van der Waals surface area contributed by atoms with E-state index in [0.717, 1.165) is 45.9 Å². The monoisotopic (exact) mass is 325 g/mol. The molecule has 3 nitrogen and oxygen atoms in total. The predicted molar refractivity (Wildman–Crippen MR) is 98.4 cm³/mol. The lowest BCUT2D eigenvalue weighted by Gasteiger charge is -2.20. The van der Waals surface area contributed by atoms with Gasteiger partial charge >= 0.3 is 0 Å². The largest absolute Gasteiger partial charge is 0.457 e. The maximum absolute atomic E-state index is 10.7. The van der Waals surface area contributed by atoms with Crippen molar-refractivity contribution in [2.24, 2.45) is 0 Å². The topological polar surface area (TPSA) is 33.5 Å². The fourth-order valence-corrected chi connectivity index (χ4v) is 3.32. The van der Waals surface area contributed by atoms with Crippen LogP contribution in [-0.2, 0) is 0 Å². The molecule has 4 heteroatoms. The zero-order valence-electron chi connectivity index (χ0n) is 13.3. The number of thiophene rings is 1. The van der Waals surface area contributed by atoms with Gasteiger partial charge in [-0.25, -0.2) is 0 Å². The van der Waals surface area contributed by atoms with Crippen LogP contribution in [0.3, 0.4) is 0 Å². The molecule has 0 unspecified atom stereocenters. The van der Waals surface area contributed by atoms with Gasteiger partial charge in [-0.05, 0) is 56.3 Å². The van der Waals surface area contributed by atoms with E-state index in [1.54, 1.807) is 0 Å². The number of carbonyl (C=O) groups is 1. The second-order valence-corrected chi connectivity index (χ2v) is 6.38. The van der Waals surface area contributed by atoms with E-state index in [9.17, 15) is 4.79 Å². The summed E-state index contributed by atoms with van der Waals surface area (Å²) in [5, 5.41) is 1.10. The summed E-state index contributed by atoms with van der Waals surface area (Å²) in [6, 6.07) is 12.1. The Balaban J connectivity index is 1.86. The summed E-state index contributed by atoms with van der Waals surface area (Å²) in [6.07, 6.45) is 4.79. The Morgan fingerprint density at radius 3 is 2.52 bits per heavy atom. The van der Waals surface area contributed by atoms with Crippen LogP contribution in [0.4, 0.5) is 5.69 Å². The Morgan fingerprint density at radius 1 is 1.04 bits per heavy atom. The van der Waals surface area contributed by atoms with Gasteiger partial charge in [0.15, 0.2) is 6.29 Å². The van der Waals surface area contributed by atoms with Crippen molar-refractivity contribution >= 4 is 46.4 Å². The maximum atomic E-state index is 10.7. The molecule has 0 spiro atoms. The van der Waals surface area contributed by atoms with Crippen molar-refractivity contribution in [1.82, 2.24) is 0 Å². The molecule has 0 saturated heterocycles.